The van der Waals surface area contributed by atoms with Crippen LogP contribution >= 0.6 is 0 Å². The molecule has 0 saturated carbocycles. The number of carbonyl (C=O) groups excluding carboxylic acids is 3. The molecule has 1 aliphatic heterocycles. The van der Waals surface area contributed by atoms with E-state index in [0.717, 1.165) is 37.0 Å². The van der Waals surface area contributed by atoms with E-state index in [1.54, 1.807) is 16.8 Å². The lowest BCUT2D eigenvalue weighted by atomic mass is 9.96. The first kappa shape index (κ1) is 17.4. The van der Waals surface area contributed by atoms with Gasteiger partial charge in [0.1, 0.15) is 5.76 Å². The Morgan fingerprint density at radius 1 is 1.12 bits per heavy atom. The predicted molar refractivity (Wildman–Crippen MR) is 88.9 cm³/mol. The van der Waals surface area contributed by atoms with E-state index < -0.39 is 5.92 Å². The van der Waals surface area contributed by atoms with Crippen molar-refractivity contribution in [3.05, 3.63) is 17.0 Å². The molecule has 8 nitrogen and oxygen atoms in total. The second-order valence-corrected chi connectivity index (χ2v) is 6.67. The van der Waals surface area contributed by atoms with Crippen LogP contribution in [0.5, 0.6) is 0 Å². The van der Waals surface area contributed by atoms with Crippen molar-refractivity contribution in [2.24, 2.45) is 5.92 Å². The zero-order valence-corrected chi connectivity index (χ0v) is 14.7. The lowest BCUT2D eigenvalue weighted by Crippen LogP contribution is -2.42. The van der Waals surface area contributed by atoms with E-state index in [2.05, 4.69) is 10.5 Å². The number of fused-ring (bicyclic) bond motifs is 1. The van der Waals surface area contributed by atoms with E-state index in [4.69, 9.17) is 4.52 Å². The molecular weight excluding hydrogens is 324 g/mol. The number of aromatic nitrogens is 1. The molecule has 136 valence electrons. The van der Waals surface area contributed by atoms with Crippen molar-refractivity contribution in [1.29, 1.82) is 0 Å². The lowest BCUT2D eigenvalue weighted by Gasteiger charge is -2.23. The Morgan fingerprint density at radius 3 is 2.52 bits per heavy atom. The fourth-order valence-electron chi connectivity index (χ4n) is 3.56. The van der Waals surface area contributed by atoms with Gasteiger partial charge in [-0.3, -0.25) is 14.4 Å². The third-order valence-electron chi connectivity index (χ3n) is 5.02. The van der Waals surface area contributed by atoms with Crippen molar-refractivity contribution < 1.29 is 18.9 Å². The molecule has 3 amide bonds. The summed E-state index contributed by atoms with van der Waals surface area (Å²) in [6.45, 7) is 2.86. The lowest BCUT2D eigenvalue weighted by molar-refractivity contribution is -0.130. The highest BCUT2D eigenvalue weighted by Crippen LogP contribution is 2.25. The number of hydrogen-bond donors (Lipinski definition) is 1. The van der Waals surface area contributed by atoms with Crippen molar-refractivity contribution in [2.75, 3.05) is 33.2 Å². The minimum atomic E-state index is -0.455. The van der Waals surface area contributed by atoms with Crippen LogP contribution in [0, 0.1) is 5.92 Å². The van der Waals surface area contributed by atoms with Crippen molar-refractivity contribution >= 4 is 17.7 Å². The Morgan fingerprint density at radius 2 is 1.80 bits per heavy atom. The highest BCUT2D eigenvalue weighted by molar-refractivity contribution is 5.94. The first-order chi connectivity index (χ1) is 12.0. The van der Waals surface area contributed by atoms with Gasteiger partial charge in [-0.1, -0.05) is 5.16 Å². The Bertz CT molecular complexity index is 684. The van der Waals surface area contributed by atoms with Gasteiger partial charge in [0, 0.05) is 52.1 Å². The number of nitrogens with one attached hydrogen (secondary N) is 1. The monoisotopic (exact) mass is 348 g/mol. The minimum Gasteiger partial charge on any atom is -0.360 e. The molecule has 0 radical (unpaired) electrons. The zero-order chi connectivity index (χ0) is 18.0. The summed E-state index contributed by atoms with van der Waals surface area (Å²) in [5.74, 6) is -0.137. The summed E-state index contributed by atoms with van der Waals surface area (Å²) >= 11 is 0. The smallest absolute Gasteiger partial charge is 0.276 e. The zero-order valence-electron chi connectivity index (χ0n) is 14.7. The van der Waals surface area contributed by atoms with Crippen LogP contribution in [0.2, 0.25) is 0 Å². The van der Waals surface area contributed by atoms with Crippen LogP contribution in [0.4, 0.5) is 0 Å². The molecule has 1 aliphatic carbocycles. The van der Waals surface area contributed by atoms with Gasteiger partial charge in [-0.05, 0) is 19.3 Å². The van der Waals surface area contributed by atoms with Crippen LogP contribution in [0.25, 0.3) is 0 Å². The van der Waals surface area contributed by atoms with Crippen LogP contribution in [-0.4, -0.2) is 65.9 Å². The molecule has 1 atom stereocenters. The number of rotatable bonds is 2. The summed E-state index contributed by atoms with van der Waals surface area (Å²) in [5, 5.41) is 6.62. The quantitative estimate of drug-likeness (QED) is 0.825. The second kappa shape index (κ2) is 7.25. The van der Waals surface area contributed by atoms with Gasteiger partial charge in [0.2, 0.25) is 11.8 Å². The third kappa shape index (κ3) is 3.52. The highest BCUT2D eigenvalue weighted by atomic mass is 16.5. The molecule has 1 aromatic heterocycles. The molecule has 2 aliphatic rings. The number of aryl methyl sites for hydroxylation is 1. The summed E-state index contributed by atoms with van der Waals surface area (Å²) in [7, 11) is 1.56. The van der Waals surface area contributed by atoms with Crippen molar-refractivity contribution in [2.45, 2.75) is 32.6 Å². The van der Waals surface area contributed by atoms with Crippen LogP contribution in [0.15, 0.2) is 4.52 Å². The first-order valence-corrected chi connectivity index (χ1v) is 8.75. The molecule has 0 aromatic carbocycles. The normalized spacial score (nSPS) is 20.6. The average molecular weight is 348 g/mol. The molecule has 0 spiro atoms. The fourth-order valence-corrected chi connectivity index (χ4v) is 3.56. The molecule has 8 heteroatoms. The topological polar surface area (TPSA) is 95.8 Å². The minimum absolute atomic E-state index is 0.0954. The predicted octanol–water partition coefficient (Wildman–Crippen LogP) is 0.220. The number of hydrogen-bond acceptors (Lipinski definition) is 5. The maximum Gasteiger partial charge on any atom is 0.276 e. The van der Waals surface area contributed by atoms with Crippen LogP contribution in [0.3, 0.4) is 0 Å². The van der Waals surface area contributed by atoms with E-state index >= 15 is 0 Å². The first-order valence-electron chi connectivity index (χ1n) is 8.75. The summed E-state index contributed by atoms with van der Waals surface area (Å²) in [5.41, 5.74) is 1.27. The average Bonchev–Trinajstić information content (AvgIpc) is 2.91. The van der Waals surface area contributed by atoms with Gasteiger partial charge in [-0.25, -0.2) is 0 Å². The van der Waals surface area contributed by atoms with Gasteiger partial charge in [-0.15, -0.1) is 0 Å². The highest BCUT2D eigenvalue weighted by Gasteiger charge is 2.33. The van der Waals surface area contributed by atoms with Gasteiger partial charge < -0.3 is 19.6 Å². The number of carbonyl (C=O) groups is 3. The Hall–Kier alpha value is -2.38. The largest absolute Gasteiger partial charge is 0.360 e. The summed E-state index contributed by atoms with van der Waals surface area (Å²) in [4.78, 5) is 40.1. The molecule has 25 heavy (non-hydrogen) atoms. The van der Waals surface area contributed by atoms with Gasteiger partial charge in [0.05, 0.1) is 5.92 Å². The van der Waals surface area contributed by atoms with Gasteiger partial charge in [0.15, 0.2) is 5.69 Å². The third-order valence-corrected chi connectivity index (χ3v) is 5.02. The molecule has 1 aromatic rings. The molecule has 2 heterocycles. The summed E-state index contributed by atoms with van der Waals surface area (Å²) in [6.07, 6.45) is 3.68. The van der Waals surface area contributed by atoms with Gasteiger partial charge >= 0.3 is 0 Å². The van der Waals surface area contributed by atoms with E-state index in [1.165, 1.54) is 6.92 Å². The fraction of sp³-hybridized carbons (Fsp3) is 0.647. The van der Waals surface area contributed by atoms with Gasteiger partial charge in [0.25, 0.3) is 5.91 Å². The molecule has 1 saturated heterocycles. The van der Waals surface area contributed by atoms with Gasteiger partial charge in [-0.2, -0.15) is 0 Å². The molecule has 1 N–H and O–H groups in total. The molecule has 3 rings (SSSR count). The number of nitrogens with zero attached hydrogens (tertiary/aromatic N) is 3. The van der Waals surface area contributed by atoms with E-state index in [9.17, 15) is 14.4 Å². The molecular formula is C17H24N4O4. The summed E-state index contributed by atoms with van der Waals surface area (Å²) < 4.78 is 5.34. The van der Waals surface area contributed by atoms with Crippen molar-refractivity contribution in [1.82, 2.24) is 20.3 Å². The Labute approximate surface area is 146 Å². The van der Waals surface area contributed by atoms with E-state index in [-0.39, 0.29) is 24.3 Å². The Kier molecular flexibility index (Phi) is 5.06. The van der Waals surface area contributed by atoms with Crippen LogP contribution in [-0.2, 0) is 22.4 Å². The maximum absolute atomic E-state index is 13.0. The van der Waals surface area contributed by atoms with Crippen LogP contribution < -0.4 is 5.32 Å². The Balaban J connectivity index is 1.82. The molecule has 1 unspecified atom stereocenters. The standard InChI is InChI=1S/C17H24N4O4/c1-11(22)20-7-8-21(10-12(9-20)16(23)18-2)17(24)15-13-5-3-4-6-14(13)25-19-15/h12H,3-10H2,1-2H3,(H,18,23). The maximum atomic E-state index is 13.0. The SMILES string of the molecule is CNC(=O)C1CN(C(C)=O)CCN(C(=O)c2noc3c2CCCC3)C1. The van der Waals surface area contributed by atoms with Crippen LogP contribution in [0.1, 0.15) is 41.6 Å². The molecule has 1 fully saturated rings. The van der Waals surface area contributed by atoms with E-state index in [1.807, 2.05) is 0 Å². The van der Waals surface area contributed by atoms with Crippen molar-refractivity contribution in [3.8, 4) is 0 Å². The van der Waals surface area contributed by atoms with E-state index in [0.29, 0.717) is 25.3 Å². The second-order valence-electron chi connectivity index (χ2n) is 6.67. The van der Waals surface area contributed by atoms with Crippen molar-refractivity contribution in [3.63, 3.8) is 0 Å². The molecule has 0 bridgehead atoms. The summed E-state index contributed by atoms with van der Waals surface area (Å²) in [6, 6.07) is 0. The number of amides is 3.